The van der Waals surface area contributed by atoms with Gasteiger partial charge in [0.15, 0.2) is 0 Å². The maximum atomic E-state index is 5.74. The van der Waals surface area contributed by atoms with E-state index in [2.05, 4.69) is 14.9 Å². The summed E-state index contributed by atoms with van der Waals surface area (Å²) < 4.78 is 8.03. The highest BCUT2D eigenvalue weighted by Gasteiger charge is 2.18. The lowest BCUT2D eigenvalue weighted by Gasteiger charge is -2.23. The molecule has 0 aliphatic carbocycles. The molecule has 1 aliphatic heterocycles. The lowest BCUT2D eigenvalue weighted by Crippen LogP contribution is -2.29. The summed E-state index contributed by atoms with van der Waals surface area (Å²) in [5.41, 5.74) is 1.36. The molecule has 1 saturated heterocycles. The van der Waals surface area contributed by atoms with Crippen molar-refractivity contribution < 1.29 is 4.74 Å². The minimum atomic E-state index is 0.608. The summed E-state index contributed by atoms with van der Waals surface area (Å²) in [6.07, 6.45) is 7.49. The number of nitrogens with zero attached hydrogens (tertiary/aromatic N) is 2. The Morgan fingerprint density at radius 3 is 3.00 bits per heavy atom. The molecular formula is C17H23N3O. The van der Waals surface area contributed by atoms with E-state index >= 15 is 0 Å². The van der Waals surface area contributed by atoms with Crippen LogP contribution in [0.5, 0.6) is 5.75 Å². The molecule has 0 bridgehead atoms. The van der Waals surface area contributed by atoms with Crippen LogP contribution in [0.25, 0.3) is 0 Å². The van der Waals surface area contributed by atoms with Crippen molar-refractivity contribution in [2.45, 2.75) is 31.7 Å². The van der Waals surface area contributed by atoms with Crippen molar-refractivity contribution >= 4 is 0 Å². The van der Waals surface area contributed by atoms with Crippen molar-refractivity contribution in [3.63, 3.8) is 0 Å². The fraction of sp³-hybridized carbons (Fsp3) is 0.471. The second-order valence-electron chi connectivity index (χ2n) is 5.57. The summed E-state index contributed by atoms with van der Waals surface area (Å²) in [6.45, 7) is 3.94. The Hall–Kier alpha value is -1.81. The number of aryl methyl sites for hydroxylation is 1. The van der Waals surface area contributed by atoms with Gasteiger partial charge in [-0.2, -0.15) is 0 Å². The van der Waals surface area contributed by atoms with E-state index in [1.807, 2.05) is 42.9 Å². The number of ether oxygens (including phenoxy) is 1. The summed E-state index contributed by atoms with van der Waals surface area (Å²) in [5.74, 6) is 1.55. The van der Waals surface area contributed by atoms with Crippen LogP contribution in [0, 0.1) is 0 Å². The molecule has 21 heavy (non-hydrogen) atoms. The van der Waals surface area contributed by atoms with Crippen LogP contribution in [0.15, 0.2) is 42.9 Å². The molecule has 4 nitrogen and oxygen atoms in total. The summed E-state index contributed by atoms with van der Waals surface area (Å²) >= 11 is 0. The second-order valence-corrected chi connectivity index (χ2v) is 5.57. The first kappa shape index (κ1) is 14.1. The molecular weight excluding hydrogens is 262 g/mol. The lowest BCUT2D eigenvalue weighted by atomic mass is 9.96. The van der Waals surface area contributed by atoms with E-state index < -0.39 is 0 Å². The van der Waals surface area contributed by atoms with Gasteiger partial charge in [-0.25, -0.2) is 4.98 Å². The smallest absolute Gasteiger partial charge is 0.119 e. The summed E-state index contributed by atoms with van der Waals surface area (Å²) in [7, 11) is 0. The van der Waals surface area contributed by atoms with Crippen LogP contribution in [-0.4, -0.2) is 29.2 Å². The van der Waals surface area contributed by atoms with Gasteiger partial charge in [0.05, 0.1) is 12.9 Å². The topological polar surface area (TPSA) is 39.1 Å². The van der Waals surface area contributed by atoms with Gasteiger partial charge < -0.3 is 14.6 Å². The van der Waals surface area contributed by atoms with Crippen LogP contribution in [0.2, 0.25) is 0 Å². The molecule has 1 atom stereocenters. The van der Waals surface area contributed by atoms with Gasteiger partial charge in [0.2, 0.25) is 0 Å². The minimum absolute atomic E-state index is 0.608. The fourth-order valence-corrected chi connectivity index (χ4v) is 2.90. The molecule has 2 aromatic rings. The zero-order valence-corrected chi connectivity index (χ0v) is 12.4. The van der Waals surface area contributed by atoms with Crippen molar-refractivity contribution in [3.05, 3.63) is 48.5 Å². The number of benzene rings is 1. The molecule has 4 heteroatoms. The highest BCUT2D eigenvalue weighted by molar-refractivity contribution is 5.20. The standard InChI is InChI=1S/C17H23N3O/c1-2-7-16(8-3-1)21-11-5-10-20-14-19-13-17(20)15-6-4-9-18-12-15/h1-3,7-8,13-15,18H,4-6,9-12H2. The Bertz CT molecular complexity index is 532. The summed E-state index contributed by atoms with van der Waals surface area (Å²) in [4.78, 5) is 4.33. The van der Waals surface area contributed by atoms with E-state index in [1.54, 1.807) is 0 Å². The molecule has 1 unspecified atom stereocenters. The van der Waals surface area contributed by atoms with E-state index in [-0.39, 0.29) is 0 Å². The second kappa shape index (κ2) is 7.27. The van der Waals surface area contributed by atoms with Gasteiger partial charge in [0, 0.05) is 30.9 Å². The first-order valence-electron chi connectivity index (χ1n) is 7.82. The Labute approximate surface area is 126 Å². The Morgan fingerprint density at radius 2 is 2.19 bits per heavy atom. The molecule has 0 saturated carbocycles. The van der Waals surface area contributed by atoms with Crippen LogP contribution in [0.1, 0.15) is 30.9 Å². The molecule has 2 heterocycles. The van der Waals surface area contributed by atoms with Gasteiger partial charge in [0.1, 0.15) is 5.75 Å². The van der Waals surface area contributed by atoms with E-state index in [4.69, 9.17) is 4.74 Å². The zero-order valence-electron chi connectivity index (χ0n) is 12.4. The third-order valence-electron chi connectivity index (χ3n) is 4.01. The first-order valence-corrected chi connectivity index (χ1v) is 7.82. The average molecular weight is 285 g/mol. The quantitative estimate of drug-likeness (QED) is 0.830. The third-order valence-corrected chi connectivity index (χ3v) is 4.01. The van der Waals surface area contributed by atoms with Gasteiger partial charge in [-0.1, -0.05) is 18.2 Å². The van der Waals surface area contributed by atoms with Crippen molar-refractivity contribution in [2.24, 2.45) is 0 Å². The average Bonchev–Trinajstić information content (AvgIpc) is 3.02. The molecule has 1 aromatic carbocycles. The molecule has 112 valence electrons. The van der Waals surface area contributed by atoms with E-state index in [1.165, 1.54) is 18.5 Å². The number of hydrogen-bond donors (Lipinski definition) is 1. The number of nitrogens with one attached hydrogen (secondary N) is 1. The molecule has 1 fully saturated rings. The predicted octanol–water partition coefficient (Wildman–Crippen LogP) is 2.82. The maximum absolute atomic E-state index is 5.74. The highest BCUT2D eigenvalue weighted by atomic mass is 16.5. The molecule has 1 aliphatic rings. The van der Waals surface area contributed by atoms with Crippen LogP contribution in [-0.2, 0) is 6.54 Å². The molecule has 1 aromatic heterocycles. The fourth-order valence-electron chi connectivity index (χ4n) is 2.90. The molecule has 3 rings (SSSR count). The Morgan fingerprint density at radius 1 is 1.29 bits per heavy atom. The van der Waals surface area contributed by atoms with E-state index in [0.717, 1.165) is 38.4 Å². The van der Waals surface area contributed by atoms with Crippen LogP contribution in [0.3, 0.4) is 0 Å². The molecule has 0 radical (unpaired) electrons. The number of piperidine rings is 1. The number of rotatable bonds is 6. The van der Waals surface area contributed by atoms with E-state index in [0.29, 0.717) is 5.92 Å². The largest absolute Gasteiger partial charge is 0.494 e. The predicted molar refractivity (Wildman–Crippen MR) is 83.6 cm³/mol. The number of imidazole rings is 1. The summed E-state index contributed by atoms with van der Waals surface area (Å²) in [5, 5.41) is 3.47. The Kier molecular flexibility index (Phi) is 4.90. The summed E-state index contributed by atoms with van der Waals surface area (Å²) in [6, 6.07) is 9.99. The van der Waals surface area contributed by atoms with Gasteiger partial charge in [0.25, 0.3) is 0 Å². The number of hydrogen-bond acceptors (Lipinski definition) is 3. The maximum Gasteiger partial charge on any atom is 0.119 e. The van der Waals surface area contributed by atoms with Crippen molar-refractivity contribution in [1.82, 2.24) is 14.9 Å². The number of aromatic nitrogens is 2. The lowest BCUT2D eigenvalue weighted by molar-refractivity contribution is 0.300. The van der Waals surface area contributed by atoms with Gasteiger partial charge in [-0.15, -0.1) is 0 Å². The Balaban J connectivity index is 1.48. The number of para-hydroxylation sites is 1. The van der Waals surface area contributed by atoms with Gasteiger partial charge >= 0.3 is 0 Å². The van der Waals surface area contributed by atoms with E-state index in [9.17, 15) is 0 Å². The van der Waals surface area contributed by atoms with Crippen molar-refractivity contribution in [1.29, 1.82) is 0 Å². The SMILES string of the molecule is c1ccc(OCCCn2cncc2C2CCCNC2)cc1. The van der Waals surface area contributed by atoms with Crippen LogP contribution >= 0.6 is 0 Å². The normalized spacial score (nSPS) is 18.6. The minimum Gasteiger partial charge on any atom is -0.494 e. The van der Waals surface area contributed by atoms with Gasteiger partial charge in [-0.3, -0.25) is 0 Å². The monoisotopic (exact) mass is 285 g/mol. The van der Waals surface area contributed by atoms with Crippen LogP contribution in [0.4, 0.5) is 0 Å². The molecule has 1 N–H and O–H groups in total. The zero-order chi connectivity index (χ0) is 14.3. The van der Waals surface area contributed by atoms with Crippen molar-refractivity contribution in [3.8, 4) is 5.75 Å². The third kappa shape index (κ3) is 3.85. The first-order chi connectivity index (χ1) is 10.4. The van der Waals surface area contributed by atoms with Crippen molar-refractivity contribution in [2.75, 3.05) is 19.7 Å². The molecule has 0 spiro atoms. The highest BCUT2D eigenvalue weighted by Crippen LogP contribution is 2.23. The molecule has 0 amide bonds. The van der Waals surface area contributed by atoms with Crippen LogP contribution < -0.4 is 10.1 Å². The van der Waals surface area contributed by atoms with Gasteiger partial charge in [-0.05, 0) is 37.9 Å².